The van der Waals surface area contributed by atoms with Crippen molar-refractivity contribution in [2.75, 3.05) is 13.2 Å². The molecule has 1 rings (SSSR count). The van der Waals surface area contributed by atoms with Gasteiger partial charge >= 0.3 is 5.97 Å². The fourth-order valence-electron chi connectivity index (χ4n) is 2.66. The van der Waals surface area contributed by atoms with E-state index in [1.165, 1.54) is 0 Å². The number of hydrogen-bond acceptors (Lipinski definition) is 3. The molecule has 0 aromatic rings. The first-order valence-corrected chi connectivity index (χ1v) is 7.01. The Kier molecular flexibility index (Phi) is 6.09. The third kappa shape index (κ3) is 4.58. The molecule has 0 aromatic carbocycles. The van der Waals surface area contributed by atoms with Crippen LogP contribution in [0.3, 0.4) is 0 Å². The van der Waals surface area contributed by atoms with Gasteiger partial charge in [-0.3, -0.25) is 9.69 Å². The number of aliphatic carboxylic acids is 1. The maximum atomic E-state index is 10.7. The summed E-state index contributed by atoms with van der Waals surface area (Å²) < 4.78 is 5.78. The van der Waals surface area contributed by atoms with Gasteiger partial charge in [0.05, 0.1) is 12.5 Å². The predicted molar refractivity (Wildman–Crippen MR) is 71.7 cm³/mol. The molecule has 0 aromatic heterocycles. The average Bonchev–Trinajstić information content (AvgIpc) is 2.28. The van der Waals surface area contributed by atoms with E-state index in [0.29, 0.717) is 30.7 Å². The molecule has 0 amide bonds. The zero-order chi connectivity index (χ0) is 13.7. The first-order chi connectivity index (χ1) is 8.41. The van der Waals surface area contributed by atoms with Crippen LogP contribution in [0.4, 0.5) is 0 Å². The van der Waals surface area contributed by atoms with E-state index in [1.54, 1.807) is 0 Å². The fraction of sp³-hybridized carbons (Fsp3) is 0.929. The van der Waals surface area contributed by atoms with Gasteiger partial charge in [-0.05, 0) is 32.6 Å². The molecule has 1 aliphatic rings. The second kappa shape index (κ2) is 7.10. The van der Waals surface area contributed by atoms with Gasteiger partial charge in [-0.15, -0.1) is 0 Å². The third-order valence-corrected chi connectivity index (χ3v) is 3.75. The van der Waals surface area contributed by atoms with E-state index in [1.807, 2.05) is 0 Å². The molecule has 4 nitrogen and oxygen atoms in total. The zero-order valence-electron chi connectivity index (χ0n) is 12.1. The van der Waals surface area contributed by atoms with Gasteiger partial charge in [0, 0.05) is 25.2 Å². The summed E-state index contributed by atoms with van der Waals surface area (Å²) in [5.74, 6) is -0.186. The molecule has 1 aliphatic heterocycles. The Bertz CT molecular complexity index is 266. The van der Waals surface area contributed by atoms with E-state index in [4.69, 9.17) is 9.84 Å². The summed E-state index contributed by atoms with van der Waals surface area (Å²) in [6.07, 6.45) is 2.58. The summed E-state index contributed by atoms with van der Waals surface area (Å²) in [5.41, 5.74) is 0. The highest BCUT2D eigenvalue weighted by atomic mass is 16.5. The summed E-state index contributed by atoms with van der Waals surface area (Å²) >= 11 is 0. The predicted octanol–water partition coefficient (Wildman–Crippen LogP) is 2.38. The van der Waals surface area contributed by atoms with E-state index in [2.05, 4.69) is 32.6 Å². The highest BCUT2D eigenvalue weighted by Crippen LogP contribution is 2.25. The molecule has 1 fully saturated rings. The smallest absolute Gasteiger partial charge is 0.304 e. The average molecular weight is 257 g/mol. The molecule has 0 aliphatic carbocycles. The quantitative estimate of drug-likeness (QED) is 0.793. The normalized spacial score (nSPS) is 25.1. The Labute approximate surface area is 110 Å². The lowest BCUT2D eigenvalue weighted by Gasteiger charge is -2.40. The highest BCUT2D eigenvalue weighted by Gasteiger charge is 2.30. The molecule has 0 spiro atoms. The van der Waals surface area contributed by atoms with Crippen LogP contribution in [0.25, 0.3) is 0 Å². The van der Waals surface area contributed by atoms with Gasteiger partial charge in [0.1, 0.15) is 0 Å². The van der Waals surface area contributed by atoms with Crippen LogP contribution in [0.15, 0.2) is 0 Å². The monoisotopic (exact) mass is 257 g/mol. The van der Waals surface area contributed by atoms with Crippen molar-refractivity contribution in [3.8, 4) is 0 Å². The van der Waals surface area contributed by atoms with Crippen LogP contribution in [-0.4, -0.2) is 47.3 Å². The molecule has 0 saturated carbocycles. The van der Waals surface area contributed by atoms with Crippen molar-refractivity contribution in [2.24, 2.45) is 5.92 Å². The Balaban J connectivity index is 2.58. The van der Waals surface area contributed by atoms with Crippen LogP contribution < -0.4 is 0 Å². The fourth-order valence-corrected chi connectivity index (χ4v) is 2.66. The Morgan fingerprint density at radius 2 is 2.06 bits per heavy atom. The van der Waals surface area contributed by atoms with Gasteiger partial charge in [-0.25, -0.2) is 0 Å². The Hall–Kier alpha value is -0.610. The molecular formula is C14H27NO3. The lowest BCUT2D eigenvalue weighted by atomic mass is 9.93. The number of carboxylic acid groups (broad SMARTS) is 1. The van der Waals surface area contributed by atoms with Crippen LogP contribution in [0.2, 0.25) is 0 Å². The van der Waals surface area contributed by atoms with Gasteiger partial charge in [0.15, 0.2) is 0 Å². The van der Waals surface area contributed by atoms with Gasteiger partial charge in [-0.1, -0.05) is 13.8 Å². The third-order valence-electron chi connectivity index (χ3n) is 3.75. The molecule has 18 heavy (non-hydrogen) atoms. The van der Waals surface area contributed by atoms with Gasteiger partial charge in [0.25, 0.3) is 0 Å². The van der Waals surface area contributed by atoms with Crippen molar-refractivity contribution >= 4 is 5.97 Å². The molecule has 1 N–H and O–H groups in total. The summed E-state index contributed by atoms with van der Waals surface area (Å²) in [6, 6.07) is 0.853. The lowest BCUT2D eigenvalue weighted by Crippen LogP contribution is -2.47. The second-order valence-corrected chi connectivity index (χ2v) is 5.81. The lowest BCUT2D eigenvalue weighted by molar-refractivity contribution is -0.137. The summed E-state index contributed by atoms with van der Waals surface area (Å²) in [6.45, 7) is 10.1. The van der Waals surface area contributed by atoms with E-state index in [9.17, 15) is 4.79 Å². The number of nitrogens with zero attached hydrogens (tertiary/aromatic N) is 1. The largest absolute Gasteiger partial charge is 0.481 e. The van der Waals surface area contributed by atoms with Crippen LogP contribution in [0.5, 0.6) is 0 Å². The van der Waals surface area contributed by atoms with Crippen LogP contribution in [0, 0.1) is 5.92 Å². The minimum atomic E-state index is -0.715. The maximum absolute atomic E-state index is 10.7. The molecule has 2 atom stereocenters. The summed E-state index contributed by atoms with van der Waals surface area (Å²) in [5, 5.41) is 8.83. The van der Waals surface area contributed by atoms with Crippen molar-refractivity contribution < 1.29 is 14.6 Å². The molecule has 1 heterocycles. The van der Waals surface area contributed by atoms with Crippen molar-refractivity contribution in [3.05, 3.63) is 0 Å². The Morgan fingerprint density at radius 1 is 1.39 bits per heavy atom. The standard InChI is InChI=1S/C14H27NO3/c1-10(2)13-9-12(6-8-18-13)15(11(3)4)7-5-14(16)17/h10-13H,5-9H2,1-4H3,(H,16,17). The van der Waals surface area contributed by atoms with Gasteiger partial charge < -0.3 is 9.84 Å². The second-order valence-electron chi connectivity index (χ2n) is 5.81. The summed E-state index contributed by atoms with van der Waals surface area (Å²) in [7, 11) is 0. The molecule has 106 valence electrons. The van der Waals surface area contributed by atoms with E-state index in [-0.39, 0.29) is 6.42 Å². The number of rotatable bonds is 6. The molecule has 1 saturated heterocycles. The summed E-state index contributed by atoms with van der Waals surface area (Å²) in [4.78, 5) is 13.1. The SMILES string of the molecule is CC(C)C1CC(N(CCC(=O)O)C(C)C)CCO1. The van der Waals surface area contributed by atoms with Crippen molar-refractivity contribution in [3.63, 3.8) is 0 Å². The first kappa shape index (κ1) is 15.4. The van der Waals surface area contributed by atoms with Gasteiger partial charge in [0.2, 0.25) is 0 Å². The number of hydrogen-bond donors (Lipinski definition) is 1. The van der Waals surface area contributed by atoms with E-state index < -0.39 is 5.97 Å². The van der Waals surface area contributed by atoms with Crippen molar-refractivity contribution in [2.45, 2.75) is 65.1 Å². The minimum Gasteiger partial charge on any atom is -0.481 e. The molecule has 4 heteroatoms. The van der Waals surface area contributed by atoms with E-state index in [0.717, 1.165) is 19.4 Å². The maximum Gasteiger partial charge on any atom is 0.304 e. The zero-order valence-corrected chi connectivity index (χ0v) is 12.1. The number of carbonyl (C=O) groups is 1. The molecule has 0 bridgehead atoms. The van der Waals surface area contributed by atoms with Gasteiger partial charge in [-0.2, -0.15) is 0 Å². The number of carboxylic acids is 1. The Morgan fingerprint density at radius 3 is 2.56 bits per heavy atom. The number of ether oxygens (including phenoxy) is 1. The molecule has 0 radical (unpaired) electrons. The van der Waals surface area contributed by atoms with Crippen LogP contribution >= 0.6 is 0 Å². The topological polar surface area (TPSA) is 49.8 Å². The van der Waals surface area contributed by atoms with Crippen molar-refractivity contribution in [1.82, 2.24) is 4.90 Å². The first-order valence-electron chi connectivity index (χ1n) is 7.01. The molecular weight excluding hydrogens is 230 g/mol. The van der Waals surface area contributed by atoms with E-state index >= 15 is 0 Å². The molecule has 2 unspecified atom stereocenters. The van der Waals surface area contributed by atoms with Crippen molar-refractivity contribution in [1.29, 1.82) is 0 Å². The highest BCUT2D eigenvalue weighted by molar-refractivity contribution is 5.66. The van der Waals surface area contributed by atoms with Crippen LogP contribution in [-0.2, 0) is 9.53 Å². The van der Waals surface area contributed by atoms with Crippen LogP contribution in [0.1, 0.15) is 47.0 Å². The minimum absolute atomic E-state index is 0.224.